The van der Waals surface area contributed by atoms with Gasteiger partial charge < -0.3 is 4.90 Å². The van der Waals surface area contributed by atoms with E-state index in [9.17, 15) is 4.79 Å². The van der Waals surface area contributed by atoms with Crippen molar-refractivity contribution in [1.82, 2.24) is 9.80 Å². The van der Waals surface area contributed by atoms with Gasteiger partial charge >= 0.3 is 0 Å². The van der Waals surface area contributed by atoms with Crippen LogP contribution in [0.1, 0.15) is 20.3 Å². The van der Waals surface area contributed by atoms with Crippen LogP contribution >= 0.6 is 0 Å². The molecule has 4 heteroatoms. The average Bonchev–Trinajstić information content (AvgIpc) is 2.54. The normalized spacial score (nSPS) is 25.4. The number of nitriles is 1. The molecular formula is C12H21N3O. The van der Waals surface area contributed by atoms with Crippen LogP contribution in [0.25, 0.3) is 0 Å². The van der Waals surface area contributed by atoms with E-state index in [1.54, 1.807) is 11.9 Å². The average molecular weight is 223 g/mol. The fourth-order valence-corrected chi connectivity index (χ4v) is 2.03. The van der Waals surface area contributed by atoms with Crippen molar-refractivity contribution in [1.29, 1.82) is 5.26 Å². The maximum absolute atomic E-state index is 11.8. The summed E-state index contributed by atoms with van der Waals surface area (Å²) in [5, 5.41) is 8.45. The number of rotatable bonds is 4. The molecule has 0 spiro atoms. The molecule has 1 rings (SSSR count). The monoisotopic (exact) mass is 223 g/mol. The smallest absolute Gasteiger partial charge is 0.236 e. The molecule has 0 aromatic carbocycles. The van der Waals surface area contributed by atoms with E-state index in [2.05, 4.69) is 24.8 Å². The van der Waals surface area contributed by atoms with E-state index in [-0.39, 0.29) is 5.91 Å². The summed E-state index contributed by atoms with van der Waals surface area (Å²) in [6.45, 7) is 7.52. The molecule has 1 fully saturated rings. The Hall–Kier alpha value is -1.08. The lowest BCUT2D eigenvalue weighted by Gasteiger charge is -2.20. The number of carbonyl (C=O) groups excluding carboxylic acids is 1. The Morgan fingerprint density at radius 3 is 2.50 bits per heavy atom. The van der Waals surface area contributed by atoms with Crippen molar-refractivity contribution in [2.45, 2.75) is 20.3 Å². The molecule has 0 aromatic rings. The summed E-state index contributed by atoms with van der Waals surface area (Å²) in [6, 6.07) is 2.05. The molecule has 1 saturated heterocycles. The van der Waals surface area contributed by atoms with Crippen LogP contribution in [-0.2, 0) is 4.79 Å². The third-order valence-corrected chi connectivity index (χ3v) is 3.41. The molecule has 1 heterocycles. The van der Waals surface area contributed by atoms with E-state index in [1.807, 2.05) is 0 Å². The lowest BCUT2D eigenvalue weighted by atomic mass is 10.0. The summed E-state index contributed by atoms with van der Waals surface area (Å²) in [6.07, 6.45) is 0.412. The standard InChI is InChI=1S/C12H21N3O/c1-10-7-15(8-11(10)2)9-12(16)14(3)6-4-5-13/h10-11H,4,6-9H2,1-3H3. The van der Waals surface area contributed by atoms with E-state index in [0.29, 0.717) is 31.3 Å². The van der Waals surface area contributed by atoms with Gasteiger partial charge in [-0.25, -0.2) is 0 Å². The quantitative estimate of drug-likeness (QED) is 0.713. The molecule has 2 unspecified atom stereocenters. The van der Waals surface area contributed by atoms with Crippen LogP contribution in [-0.4, -0.2) is 48.9 Å². The number of nitrogens with zero attached hydrogens (tertiary/aromatic N) is 3. The fraction of sp³-hybridized carbons (Fsp3) is 0.833. The zero-order chi connectivity index (χ0) is 12.1. The lowest BCUT2D eigenvalue weighted by Crippen LogP contribution is -2.37. The van der Waals surface area contributed by atoms with Gasteiger partial charge in [-0.05, 0) is 11.8 Å². The van der Waals surface area contributed by atoms with Crippen molar-refractivity contribution in [2.24, 2.45) is 11.8 Å². The molecule has 0 saturated carbocycles. The molecule has 2 atom stereocenters. The number of likely N-dealkylation sites (tertiary alicyclic amines) is 1. The fourth-order valence-electron chi connectivity index (χ4n) is 2.03. The molecule has 16 heavy (non-hydrogen) atoms. The molecule has 0 bridgehead atoms. The SMILES string of the molecule is CC1CN(CC(=O)N(C)CCC#N)CC1C. The Labute approximate surface area is 97.8 Å². The van der Waals surface area contributed by atoms with E-state index < -0.39 is 0 Å². The Bertz CT molecular complexity index is 274. The van der Waals surface area contributed by atoms with Gasteiger partial charge in [-0.3, -0.25) is 9.69 Å². The molecule has 0 aliphatic carbocycles. The summed E-state index contributed by atoms with van der Waals surface area (Å²) < 4.78 is 0. The van der Waals surface area contributed by atoms with Crippen molar-refractivity contribution in [3.63, 3.8) is 0 Å². The minimum atomic E-state index is 0.122. The summed E-state index contributed by atoms with van der Waals surface area (Å²) in [4.78, 5) is 15.7. The largest absolute Gasteiger partial charge is 0.344 e. The van der Waals surface area contributed by atoms with Gasteiger partial charge in [0, 0.05) is 26.7 Å². The van der Waals surface area contributed by atoms with Crippen LogP contribution in [0.2, 0.25) is 0 Å². The van der Waals surface area contributed by atoms with Gasteiger partial charge in [0.15, 0.2) is 0 Å². The highest BCUT2D eigenvalue weighted by Crippen LogP contribution is 2.21. The molecule has 90 valence electrons. The Balaban J connectivity index is 2.32. The maximum Gasteiger partial charge on any atom is 0.236 e. The minimum Gasteiger partial charge on any atom is -0.344 e. The number of hydrogen-bond acceptors (Lipinski definition) is 3. The van der Waals surface area contributed by atoms with E-state index in [0.717, 1.165) is 13.1 Å². The molecule has 0 aromatic heterocycles. The first-order valence-corrected chi connectivity index (χ1v) is 5.88. The molecule has 0 N–H and O–H groups in total. The highest BCUT2D eigenvalue weighted by Gasteiger charge is 2.27. The van der Waals surface area contributed by atoms with Gasteiger partial charge in [0.2, 0.25) is 5.91 Å². The summed E-state index contributed by atoms with van der Waals surface area (Å²) in [5.41, 5.74) is 0. The third kappa shape index (κ3) is 3.49. The second-order valence-electron chi connectivity index (χ2n) is 4.87. The second kappa shape index (κ2) is 5.86. The summed E-state index contributed by atoms with van der Waals surface area (Å²) >= 11 is 0. The van der Waals surface area contributed by atoms with Crippen LogP contribution in [0.15, 0.2) is 0 Å². The molecule has 1 amide bonds. The lowest BCUT2D eigenvalue weighted by molar-refractivity contribution is -0.130. The summed E-state index contributed by atoms with van der Waals surface area (Å²) in [5.74, 6) is 1.48. The summed E-state index contributed by atoms with van der Waals surface area (Å²) in [7, 11) is 1.77. The molecule has 0 radical (unpaired) electrons. The van der Waals surface area contributed by atoms with Gasteiger partial charge in [0.25, 0.3) is 0 Å². The molecular weight excluding hydrogens is 202 g/mol. The van der Waals surface area contributed by atoms with Crippen molar-refractivity contribution in [3.8, 4) is 6.07 Å². The van der Waals surface area contributed by atoms with Crippen molar-refractivity contribution in [2.75, 3.05) is 33.2 Å². The zero-order valence-corrected chi connectivity index (χ0v) is 10.4. The van der Waals surface area contributed by atoms with E-state index in [1.165, 1.54) is 0 Å². The van der Waals surface area contributed by atoms with Gasteiger partial charge in [0.1, 0.15) is 0 Å². The third-order valence-electron chi connectivity index (χ3n) is 3.41. The second-order valence-corrected chi connectivity index (χ2v) is 4.87. The number of hydrogen-bond donors (Lipinski definition) is 0. The van der Waals surface area contributed by atoms with Crippen LogP contribution in [0, 0.1) is 23.2 Å². The topological polar surface area (TPSA) is 47.3 Å². The number of carbonyl (C=O) groups is 1. The number of likely N-dealkylation sites (N-methyl/N-ethyl adjacent to an activating group) is 1. The van der Waals surface area contributed by atoms with E-state index >= 15 is 0 Å². The van der Waals surface area contributed by atoms with Gasteiger partial charge in [-0.2, -0.15) is 5.26 Å². The van der Waals surface area contributed by atoms with Crippen LogP contribution in [0.3, 0.4) is 0 Å². The predicted octanol–water partition coefficient (Wildman–Crippen LogP) is 0.946. The van der Waals surface area contributed by atoms with Crippen LogP contribution < -0.4 is 0 Å². The van der Waals surface area contributed by atoms with Gasteiger partial charge in [-0.15, -0.1) is 0 Å². The van der Waals surface area contributed by atoms with Crippen LogP contribution in [0.4, 0.5) is 0 Å². The first-order valence-electron chi connectivity index (χ1n) is 5.88. The highest BCUT2D eigenvalue weighted by molar-refractivity contribution is 5.78. The van der Waals surface area contributed by atoms with Crippen LogP contribution in [0.5, 0.6) is 0 Å². The Kier molecular flexibility index (Phi) is 4.75. The Morgan fingerprint density at radius 2 is 2.00 bits per heavy atom. The van der Waals surface area contributed by atoms with Crippen molar-refractivity contribution >= 4 is 5.91 Å². The number of amides is 1. The molecule has 4 nitrogen and oxygen atoms in total. The minimum absolute atomic E-state index is 0.122. The van der Waals surface area contributed by atoms with Gasteiger partial charge in [0.05, 0.1) is 19.0 Å². The maximum atomic E-state index is 11.8. The first kappa shape index (κ1) is 13.0. The predicted molar refractivity (Wildman–Crippen MR) is 62.6 cm³/mol. The van der Waals surface area contributed by atoms with Gasteiger partial charge in [-0.1, -0.05) is 13.8 Å². The Morgan fingerprint density at radius 1 is 1.44 bits per heavy atom. The van der Waals surface area contributed by atoms with Crippen molar-refractivity contribution in [3.05, 3.63) is 0 Å². The molecule has 1 aliphatic heterocycles. The van der Waals surface area contributed by atoms with E-state index in [4.69, 9.17) is 5.26 Å². The molecule has 1 aliphatic rings. The zero-order valence-electron chi connectivity index (χ0n) is 10.4. The highest BCUT2D eigenvalue weighted by atomic mass is 16.2. The van der Waals surface area contributed by atoms with Crippen molar-refractivity contribution < 1.29 is 4.79 Å². The first-order chi connectivity index (χ1) is 7.54.